The number of benzene rings is 2. The Morgan fingerprint density at radius 3 is 2.10 bits per heavy atom. The lowest BCUT2D eigenvalue weighted by molar-refractivity contribution is -0.143. The molecule has 3 rings (SSSR count). The Morgan fingerprint density at radius 1 is 0.975 bits per heavy atom. The van der Waals surface area contributed by atoms with Gasteiger partial charge in [0.25, 0.3) is 0 Å². The van der Waals surface area contributed by atoms with Crippen LogP contribution < -0.4 is 26.4 Å². The number of ether oxygens (including phenoxy) is 1. The first-order valence-electron chi connectivity index (χ1n) is 13.7. The van der Waals surface area contributed by atoms with Crippen molar-refractivity contribution >= 4 is 23.6 Å². The van der Waals surface area contributed by atoms with Crippen molar-refractivity contribution in [1.29, 1.82) is 0 Å². The third kappa shape index (κ3) is 7.59. The molecule has 0 aliphatic carbocycles. The van der Waals surface area contributed by atoms with Gasteiger partial charge in [-0.05, 0) is 61.6 Å². The molecule has 5 N–H and O–H groups in total. The number of likely N-dealkylation sites (tertiary alicyclic amines) is 1. The molecule has 1 saturated heterocycles. The zero-order valence-corrected chi connectivity index (χ0v) is 23.9. The molecule has 1 heterocycles. The Balaban J connectivity index is 1.67. The van der Waals surface area contributed by atoms with Crippen LogP contribution in [-0.4, -0.2) is 73.4 Å². The highest BCUT2D eigenvalue weighted by molar-refractivity contribution is 5.95. The van der Waals surface area contributed by atoms with E-state index in [2.05, 4.69) is 16.0 Å². The maximum Gasteiger partial charge on any atom is 0.246 e. The molecule has 2 aromatic carbocycles. The molecule has 0 saturated carbocycles. The number of methoxy groups -OCH3 is 1. The number of carbonyl (C=O) groups excluding carboxylic acids is 4. The SMILES string of the molecule is CN[C@@H](C)C(=O)N[C@H](C(=O)N1CCC[C@H]1C(=O)N[C@@H](Cc1ccc(-c2ccc(OC)cc2)cc1)C(N)=O)C(C)C. The minimum Gasteiger partial charge on any atom is -0.497 e. The number of likely N-dealkylation sites (N-methyl/N-ethyl adjacent to an activating group) is 1. The summed E-state index contributed by atoms with van der Waals surface area (Å²) in [6, 6.07) is 12.5. The number of rotatable bonds is 12. The van der Waals surface area contributed by atoms with Crippen molar-refractivity contribution in [1.82, 2.24) is 20.9 Å². The highest BCUT2D eigenvalue weighted by Crippen LogP contribution is 2.24. The predicted molar refractivity (Wildman–Crippen MR) is 153 cm³/mol. The topological polar surface area (TPSA) is 143 Å². The largest absolute Gasteiger partial charge is 0.497 e. The molecule has 10 heteroatoms. The van der Waals surface area contributed by atoms with Crippen molar-refractivity contribution < 1.29 is 23.9 Å². The monoisotopic (exact) mass is 551 g/mol. The third-order valence-corrected chi connectivity index (χ3v) is 7.37. The van der Waals surface area contributed by atoms with Crippen molar-refractivity contribution in [3.8, 4) is 16.9 Å². The number of nitrogens with one attached hydrogen (secondary N) is 3. The number of nitrogens with zero attached hydrogens (tertiary/aromatic N) is 1. The second-order valence-electron chi connectivity index (χ2n) is 10.5. The van der Waals surface area contributed by atoms with E-state index in [0.717, 1.165) is 22.4 Å². The van der Waals surface area contributed by atoms with Gasteiger partial charge in [-0.15, -0.1) is 0 Å². The molecule has 10 nitrogen and oxygen atoms in total. The summed E-state index contributed by atoms with van der Waals surface area (Å²) < 4.78 is 5.21. The maximum atomic E-state index is 13.5. The highest BCUT2D eigenvalue weighted by Gasteiger charge is 2.39. The molecule has 0 spiro atoms. The summed E-state index contributed by atoms with van der Waals surface area (Å²) in [5.41, 5.74) is 8.52. The van der Waals surface area contributed by atoms with Gasteiger partial charge in [-0.2, -0.15) is 0 Å². The average molecular weight is 552 g/mol. The van der Waals surface area contributed by atoms with Crippen molar-refractivity contribution in [2.45, 2.75) is 64.2 Å². The Bertz CT molecular complexity index is 1180. The number of carbonyl (C=O) groups is 4. The predicted octanol–water partition coefficient (Wildman–Crippen LogP) is 1.61. The standard InChI is InChI=1S/C30H41N5O5/c1-18(2)26(34-28(37)19(3)32-4)30(39)35-16-6-7-25(35)29(38)33-24(27(31)36)17-20-8-10-21(11-9-20)22-12-14-23(40-5)15-13-22/h8-15,18-19,24-26,32H,6-7,16-17H2,1-5H3,(H2,31,36)(H,33,38)(H,34,37)/t19-,24-,25-,26-/m0/s1. The van der Waals surface area contributed by atoms with Crippen molar-refractivity contribution in [2.75, 3.05) is 20.7 Å². The van der Waals surface area contributed by atoms with Gasteiger partial charge in [-0.3, -0.25) is 19.2 Å². The lowest BCUT2D eigenvalue weighted by Crippen LogP contribution is -2.58. The summed E-state index contributed by atoms with van der Waals surface area (Å²) in [5, 5.41) is 8.44. The Hall–Kier alpha value is -3.92. The van der Waals surface area contributed by atoms with E-state index < -0.39 is 36.0 Å². The smallest absolute Gasteiger partial charge is 0.246 e. The van der Waals surface area contributed by atoms with E-state index in [9.17, 15) is 19.2 Å². The number of hydrogen-bond acceptors (Lipinski definition) is 6. The van der Waals surface area contributed by atoms with Crippen LogP contribution in [0.5, 0.6) is 5.75 Å². The second-order valence-corrected chi connectivity index (χ2v) is 10.5. The maximum absolute atomic E-state index is 13.5. The number of hydrogen-bond donors (Lipinski definition) is 4. The first kappa shape index (κ1) is 30.6. The molecule has 0 aromatic heterocycles. The van der Waals surface area contributed by atoms with Gasteiger partial charge < -0.3 is 31.3 Å². The van der Waals surface area contributed by atoms with Gasteiger partial charge in [0.1, 0.15) is 23.9 Å². The Labute approximate surface area is 236 Å². The summed E-state index contributed by atoms with van der Waals surface area (Å²) >= 11 is 0. The molecule has 4 atom stereocenters. The van der Waals surface area contributed by atoms with Crippen LogP contribution in [0, 0.1) is 5.92 Å². The quantitative estimate of drug-likeness (QED) is 0.316. The summed E-state index contributed by atoms with van der Waals surface area (Å²) in [6.45, 7) is 5.80. The summed E-state index contributed by atoms with van der Waals surface area (Å²) in [7, 11) is 3.29. The number of amides is 4. The van der Waals surface area contributed by atoms with E-state index in [1.54, 1.807) is 21.1 Å². The van der Waals surface area contributed by atoms with Gasteiger partial charge in [-0.1, -0.05) is 50.2 Å². The van der Waals surface area contributed by atoms with Crippen LogP contribution in [0.3, 0.4) is 0 Å². The van der Waals surface area contributed by atoms with E-state index >= 15 is 0 Å². The minimum absolute atomic E-state index is 0.177. The van der Waals surface area contributed by atoms with Crippen LogP contribution in [0.1, 0.15) is 39.2 Å². The fourth-order valence-electron chi connectivity index (χ4n) is 4.75. The molecule has 1 aliphatic rings. The molecule has 1 fully saturated rings. The normalized spacial score (nSPS) is 17.1. The van der Waals surface area contributed by atoms with Gasteiger partial charge in [-0.25, -0.2) is 0 Å². The van der Waals surface area contributed by atoms with Gasteiger partial charge in [0.2, 0.25) is 23.6 Å². The van der Waals surface area contributed by atoms with E-state index in [-0.39, 0.29) is 24.2 Å². The first-order valence-corrected chi connectivity index (χ1v) is 13.7. The van der Waals surface area contributed by atoms with Crippen LogP contribution in [-0.2, 0) is 25.6 Å². The Kier molecular flexibility index (Phi) is 10.7. The third-order valence-electron chi connectivity index (χ3n) is 7.37. The summed E-state index contributed by atoms with van der Waals surface area (Å²) in [4.78, 5) is 53.0. The van der Waals surface area contributed by atoms with E-state index in [0.29, 0.717) is 19.4 Å². The van der Waals surface area contributed by atoms with Gasteiger partial charge in [0.05, 0.1) is 13.2 Å². The van der Waals surface area contributed by atoms with Crippen LogP contribution in [0.25, 0.3) is 11.1 Å². The fraction of sp³-hybridized carbons (Fsp3) is 0.467. The van der Waals surface area contributed by atoms with Crippen LogP contribution in [0.15, 0.2) is 48.5 Å². The molecule has 216 valence electrons. The lowest BCUT2D eigenvalue weighted by Gasteiger charge is -2.31. The van der Waals surface area contributed by atoms with Crippen LogP contribution in [0.4, 0.5) is 0 Å². The lowest BCUT2D eigenvalue weighted by atomic mass is 9.99. The zero-order chi connectivity index (χ0) is 29.4. The van der Waals surface area contributed by atoms with Gasteiger partial charge >= 0.3 is 0 Å². The number of primary amides is 1. The fourth-order valence-corrected chi connectivity index (χ4v) is 4.75. The minimum atomic E-state index is -0.936. The van der Waals surface area contributed by atoms with E-state index in [4.69, 9.17) is 10.5 Å². The molecular weight excluding hydrogens is 510 g/mol. The Morgan fingerprint density at radius 2 is 1.57 bits per heavy atom. The summed E-state index contributed by atoms with van der Waals surface area (Å²) in [6.07, 6.45) is 1.33. The van der Waals surface area contributed by atoms with Gasteiger partial charge in [0.15, 0.2) is 0 Å². The average Bonchev–Trinajstić information content (AvgIpc) is 3.45. The van der Waals surface area contributed by atoms with Crippen molar-refractivity contribution in [2.24, 2.45) is 11.7 Å². The number of nitrogens with two attached hydrogens (primary N) is 1. The second kappa shape index (κ2) is 13.9. The highest BCUT2D eigenvalue weighted by atomic mass is 16.5. The molecule has 0 radical (unpaired) electrons. The van der Waals surface area contributed by atoms with Crippen molar-refractivity contribution in [3.05, 3.63) is 54.1 Å². The van der Waals surface area contributed by atoms with Crippen LogP contribution in [0.2, 0.25) is 0 Å². The first-order chi connectivity index (χ1) is 19.0. The van der Waals surface area contributed by atoms with Crippen LogP contribution >= 0.6 is 0 Å². The van der Waals surface area contributed by atoms with E-state index in [1.807, 2.05) is 62.4 Å². The molecule has 2 aromatic rings. The molecular formula is C30H41N5O5. The summed E-state index contributed by atoms with van der Waals surface area (Å²) in [5.74, 6) is -1.09. The molecule has 4 amide bonds. The molecule has 0 bridgehead atoms. The molecule has 40 heavy (non-hydrogen) atoms. The van der Waals surface area contributed by atoms with E-state index in [1.165, 1.54) is 4.90 Å². The zero-order valence-electron chi connectivity index (χ0n) is 23.9. The van der Waals surface area contributed by atoms with Crippen molar-refractivity contribution in [3.63, 3.8) is 0 Å². The van der Waals surface area contributed by atoms with Gasteiger partial charge in [0, 0.05) is 13.0 Å². The molecule has 0 unspecified atom stereocenters. The molecule has 1 aliphatic heterocycles.